The largest absolute Gasteiger partial charge is 0.481 e. The normalized spacial score (nSPS) is 17.0. The molecule has 0 saturated heterocycles. The van der Waals surface area contributed by atoms with E-state index < -0.39 is 0 Å². The van der Waals surface area contributed by atoms with Gasteiger partial charge in [-0.15, -0.1) is 0 Å². The van der Waals surface area contributed by atoms with Gasteiger partial charge in [0.25, 0.3) is 0 Å². The van der Waals surface area contributed by atoms with Gasteiger partial charge in [0.1, 0.15) is 0 Å². The molecule has 5 heteroatoms. The summed E-state index contributed by atoms with van der Waals surface area (Å²) >= 11 is 0. The van der Waals surface area contributed by atoms with Crippen molar-refractivity contribution in [3.05, 3.63) is 41.5 Å². The van der Waals surface area contributed by atoms with Gasteiger partial charge < -0.3 is 14.4 Å². The molecule has 116 valence electrons. The second kappa shape index (κ2) is 6.22. The summed E-state index contributed by atoms with van der Waals surface area (Å²) in [7, 11) is 3.21. The first-order valence-corrected chi connectivity index (χ1v) is 7.55. The average Bonchev–Trinajstić information content (AvgIpc) is 2.59. The molecule has 2 aromatic rings. The van der Waals surface area contributed by atoms with Gasteiger partial charge in [-0.25, -0.2) is 0 Å². The summed E-state index contributed by atoms with van der Waals surface area (Å²) < 4.78 is 10.5. The number of rotatable bonds is 4. The summed E-state index contributed by atoms with van der Waals surface area (Å²) in [6, 6.07) is 10.6. The van der Waals surface area contributed by atoms with Crippen LogP contribution in [-0.2, 0) is 13.0 Å². The molecule has 0 fully saturated rings. The van der Waals surface area contributed by atoms with Gasteiger partial charge in [-0.05, 0) is 24.0 Å². The Morgan fingerprint density at radius 2 is 1.73 bits per heavy atom. The Kier molecular flexibility index (Phi) is 4.13. The van der Waals surface area contributed by atoms with Crippen molar-refractivity contribution < 1.29 is 9.47 Å². The molecule has 1 atom stereocenters. The van der Waals surface area contributed by atoms with Crippen molar-refractivity contribution in [1.82, 2.24) is 9.97 Å². The fourth-order valence-electron chi connectivity index (χ4n) is 2.92. The van der Waals surface area contributed by atoms with E-state index in [1.165, 1.54) is 11.1 Å². The minimum atomic E-state index is 0.381. The highest BCUT2D eigenvalue weighted by Crippen LogP contribution is 2.30. The van der Waals surface area contributed by atoms with Crippen LogP contribution in [0.4, 0.5) is 5.95 Å². The fourth-order valence-corrected chi connectivity index (χ4v) is 2.92. The molecule has 0 amide bonds. The molecule has 0 saturated carbocycles. The molecule has 0 aliphatic carbocycles. The first-order valence-electron chi connectivity index (χ1n) is 7.55. The fraction of sp³-hybridized carbons (Fsp3) is 0.412. The first kappa shape index (κ1) is 14.6. The van der Waals surface area contributed by atoms with Gasteiger partial charge >= 0.3 is 0 Å². The number of anilines is 1. The molecule has 22 heavy (non-hydrogen) atoms. The molecule has 2 heterocycles. The molecule has 1 unspecified atom stereocenters. The monoisotopic (exact) mass is 299 g/mol. The number of fused-ring (bicyclic) bond motifs is 1. The molecule has 0 bridgehead atoms. The van der Waals surface area contributed by atoms with Crippen molar-refractivity contribution in [2.45, 2.75) is 32.4 Å². The van der Waals surface area contributed by atoms with Crippen LogP contribution in [0, 0.1) is 0 Å². The zero-order valence-electron chi connectivity index (χ0n) is 13.2. The smallest absolute Gasteiger partial charge is 0.232 e. The van der Waals surface area contributed by atoms with Crippen molar-refractivity contribution in [3.8, 4) is 11.8 Å². The molecule has 0 N–H and O–H groups in total. The van der Waals surface area contributed by atoms with Crippen molar-refractivity contribution in [2.24, 2.45) is 0 Å². The van der Waals surface area contributed by atoms with E-state index in [-0.39, 0.29) is 0 Å². The van der Waals surface area contributed by atoms with Gasteiger partial charge in [-0.3, -0.25) is 0 Å². The predicted molar refractivity (Wildman–Crippen MR) is 85.5 cm³/mol. The van der Waals surface area contributed by atoms with Gasteiger partial charge in [0.05, 0.1) is 20.3 Å². The summed E-state index contributed by atoms with van der Waals surface area (Å²) in [5.41, 5.74) is 2.75. The molecular formula is C17H21N3O2. The van der Waals surface area contributed by atoms with Crippen molar-refractivity contribution in [1.29, 1.82) is 0 Å². The zero-order valence-corrected chi connectivity index (χ0v) is 13.2. The summed E-state index contributed by atoms with van der Waals surface area (Å²) in [5, 5.41) is 0. The summed E-state index contributed by atoms with van der Waals surface area (Å²) in [6.07, 6.45) is 2.05. The molecule has 3 rings (SSSR count). The van der Waals surface area contributed by atoms with Crippen molar-refractivity contribution in [3.63, 3.8) is 0 Å². The topological polar surface area (TPSA) is 47.5 Å². The number of aromatic nitrogens is 2. The number of ether oxygens (including phenoxy) is 2. The van der Waals surface area contributed by atoms with E-state index in [1.54, 1.807) is 20.3 Å². The molecule has 5 nitrogen and oxygen atoms in total. The van der Waals surface area contributed by atoms with Gasteiger partial charge in [-0.1, -0.05) is 31.2 Å². The maximum Gasteiger partial charge on any atom is 0.232 e. The van der Waals surface area contributed by atoms with E-state index in [2.05, 4.69) is 46.1 Å². The van der Waals surface area contributed by atoms with Crippen LogP contribution in [0.25, 0.3) is 0 Å². The van der Waals surface area contributed by atoms with Gasteiger partial charge in [-0.2, -0.15) is 9.97 Å². The Morgan fingerprint density at radius 1 is 1.09 bits per heavy atom. The second-order valence-electron chi connectivity index (χ2n) is 5.42. The Labute approximate surface area is 130 Å². The molecule has 1 aliphatic rings. The Hall–Kier alpha value is -2.30. The standard InChI is InChI=1S/C17H21N3O2/c1-4-14-9-12-7-5-6-8-13(12)11-20(14)17-18-15(21-2)10-16(19-17)22-3/h5-8,10,14H,4,9,11H2,1-3H3. The molecule has 1 aromatic carbocycles. The molecular weight excluding hydrogens is 278 g/mol. The van der Waals surface area contributed by atoms with Crippen LogP contribution in [0.5, 0.6) is 11.8 Å². The molecule has 1 aliphatic heterocycles. The van der Waals surface area contributed by atoms with Crippen molar-refractivity contribution in [2.75, 3.05) is 19.1 Å². The maximum atomic E-state index is 5.27. The minimum Gasteiger partial charge on any atom is -0.481 e. The van der Waals surface area contributed by atoms with Crippen LogP contribution in [0.15, 0.2) is 30.3 Å². The third kappa shape index (κ3) is 2.71. The van der Waals surface area contributed by atoms with E-state index >= 15 is 0 Å². The first-order chi connectivity index (χ1) is 10.7. The van der Waals surface area contributed by atoms with Crippen LogP contribution in [-0.4, -0.2) is 30.2 Å². The Balaban J connectivity index is 1.99. The highest BCUT2D eigenvalue weighted by Gasteiger charge is 2.27. The number of hydrogen-bond donors (Lipinski definition) is 0. The number of methoxy groups -OCH3 is 2. The highest BCUT2D eigenvalue weighted by atomic mass is 16.5. The average molecular weight is 299 g/mol. The number of hydrogen-bond acceptors (Lipinski definition) is 5. The zero-order chi connectivity index (χ0) is 15.5. The third-order valence-electron chi connectivity index (χ3n) is 4.17. The van der Waals surface area contributed by atoms with E-state index in [4.69, 9.17) is 9.47 Å². The van der Waals surface area contributed by atoms with Crippen LogP contribution in [0.1, 0.15) is 24.5 Å². The van der Waals surface area contributed by atoms with Gasteiger partial charge in [0.15, 0.2) is 0 Å². The number of benzene rings is 1. The lowest BCUT2D eigenvalue weighted by atomic mass is 9.93. The van der Waals surface area contributed by atoms with Crippen LogP contribution in [0.3, 0.4) is 0 Å². The maximum absolute atomic E-state index is 5.27. The van der Waals surface area contributed by atoms with Gasteiger partial charge in [0, 0.05) is 12.6 Å². The third-order valence-corrected chi connectivity index (χ3v) is 4.17. The number of nitrogens with zero attached hydrogens (tertiary/aromatic N) is 3. The summed E-state index contributed by atoms with van der Waals surface area (Å²) in [5.74, 6) is 1.71. The highest BCUT2D eigenvalue weighted by molar-refractivity contribution is 5.44. The van der Waals surface area contributed by atoms with Crippen LogP contribution in [0.2, 0.25) is 0 Å². The van der Waals surface area contributed by atoms with E-state index in [0.29, 0.717) is 23.8 Å². The Bertz CT molecular complexity index is 638. The predicted octanol–water partition coefficient (Wildman–Crippen LogP) is 2.84. The summed E-state index contributed by atoms with van der Waals surface area (Å²) in [6.45, 7) is 3.01. The molecule has 0 spiro atoms. The van der Waals surface area contributed by atoms with E-state index in [0.717, 1.165) is 19.4 Å². The molecule has 0 radical (unpaired) electrons. The lowest BCUT2D eigenvalue weighted by Crippen LogP contribution is -2.41. The minimum absolute atomic E-state index is 0.381. The van der Waals surface area contributed by atoms with Crippen LogP contribution < -0.4 is 14.4 Å². The lowest BCUT2D eigenvalue weighted by molar-refractivity contribution is 0.369. The van der Waals surface area contributed by atoms with E-state index in [9.17, 15) is 0 Å². The van der Waals surface area contributed by atoms with Gasteiger partial charge in [0.2, 0.25) is 17.7 Å². The van der Waals surface area contributed by atoms with Crippen molar-refractivity contribution >= 4 is 5.95 Å². The lowest BCUT2D eigenvalue weighted by Gasteiger charge is -2.36. The van der Waals surface area contributed by atoms with E-state index in [1.807, 2.05) is 0 Å². The molecule has 1 aromatic heterocycles. The summed E-state index contributed by atoms with van der Waals surface area (Å²) in [4.78, 5) is 11.3. The quantitative estimate of drug-likeness (QED) is 0.869. The van der Waals surface area contributed by atoms with Crippen LogP contribution >= 0.6 is 0 Å². The SMILES string of the molecule is CCC1Cc2ccccc2CN1c1nc(OC)cc(OC)n1. The Morgan fingerprint density at radius 3 is 2.32 bits per heavy atom. The second-order valence-corrected chi connectivity index (χ2v) is 5.42.